The zero-order chi connectivity index (χ0) is 4.41. The predicted molar refractivity (Wildman–Crippen MR) is 18.6 cm³/mol. The molecule has 0 spiro atoms. The highest BCUT2D eigenvalue weighted by Gasteiger charge is 1.56. The Balaban J connectivity index is 3.05. The molecule has 0 aliphatic rings. The minimum Gasteiger partial charge on any atom is -0.351 e. The molecular formula is C3H4N2. The minimum atomic E-state index is 1.14. The smallest absolute Gasteiger partial charge is 0.167 e. The lowest BCUT2D eigenvalue weighted by Crippen LogP contribution is -1.44. The van der Waals surface area contributed by atoms with Gasteiger partial charge in [-0.25, -0.2) is 4.98 Å². The highest BCUT2D eigenvalue weighted by Crippen LogP contribution is 1.62. The second-order valence-corrected chi connectivity index (χ2v) is 0.712. The summed E-state index contributed by atoms with van der Waals surface area (Å²) in [7, 11) is 0. The van der Waals surface area contributed by atoms with E-state index in [9.17, 15) is 0 Å². The molecule has 0 unspecified atom stereocenters. The largest absolute Gasteiger partial charge is 0.351 e. The van der Waals surface area contributed by atoms with Crippen LogP contribution in [0, 0.1) is 0 Å². The number of hydrogen-bond donors (Lipinski definition) is 1. The summed E-state index contributed by atoms with van der Waals surface area (Å²) in [6, 6.07) is 0. The number of aromatic amines is 1. The Hall–Kier alpha value is -0.790. The van der Waals surface area contributed by atoms with Crippen LogP contribution >= 0.6 is 0 Å². The van der Waals surface area contributed by atoms with Crippen molar-refractivity contribution < 1.29 is 1.41 Å². The summed E-state index contributed by atoms with van der Waals surface area (Å²) in [4.78, 5) is 4.74. The Morgan fingerprint density at radius 1 is 2.00 bits per heavy atom. The van der Waals surface area contributed by atoms with Crippen LogP contribution in [0.3, 0.4) is 0 Å². The van der Waals surface area contributed by atoms with Crippen LogP contribution in [0.25, 0.3) is 0 Å². The molecule has 0 saturated carbocycles. The fourth-order valence-electron chi connectivity index (χ4n) is 0.192. The van der Waals surface area contributed by atoms with E-state index in [2.05, 4.69) is 4.98 Å². The Kier molecular flexibility index (Phi) is 0.283. The van der Waals surface area contributed by atoms with Crippen molar-refractivity contribution in [3.05, 3.63) is 18.7 Å². The zero-order valence-corrected chi connectivity index (χ0v) is 2.63. The van der Waals surface area contributed by atoms with Gasteiger partial charge in [-0.1, -0.05) is 0 Å². The standard InChI is InChI=1S/C3H4N2/c1-2-5-3-4-1/h1-3H,(H,4,5)/i/hT. The second kappa shape index (κ2) is 0.885. The number of imidazole rings is 1. The molecule has 0 aliphatic carbocycles. The summed E-state index contributed by atoms with van der Waals surface area (Å²) < 4.78 is 6.73. The number of rotatable bonds is 0. The fraction of sp³-hybridized carbons (Fsp3) is 0. The Morgan fingerprint density at radius 2 is 3.00 bits per heavy atom. The van der Waals surface area contributed by atoms with Gasteiger partial charge in [-0.2, -0.15) is 0 Å². The molecule has 1 aromatic rings. The molecule has 0 bridgehead atoms. The van der Waals surface area contributed by atoms with Crippen molar-refractivity contribution in [1.82, 2.24) is 9.96 Å². The van der Waals surface area contributed by atoms with Gasteiger partial charge in [0.15, 0.2) is 1.41 Å². The van der Waals surface area contributed by atoms with E-state index in [1.165, 1.54) is 6.33 Å². The molecule has 0 aromatic carbocycles. The van der Waals surface area contributed by atoms with E-state index in [0.29, 0.717) is 0 Å². The van der Waals surface area contributed by atoms with Crippen molar-refractivity contribution in [2.45, 2.75) is 0 Å². The first kappa shape index (κ1) is 1.60. The molecule has 0 atom stereocenters. The third-order valence-corrected chi connectivity index (χ3v) is 0.372. The maximum absolute atomic E-state index is 6.73. The molecule has 26 valence electrons. The summed E-state index contributed by atoms with van der Waals surface area (Å²) in [6.07, 6.45) is 4.53. The lowest BCUT2D eigenvalue weighted by Gasteiger charge is -1.46. The van der Waals surface area contributed by atoms with Crippen molar-refractivity contribution in [3.63, 3.8) is 0 Å². The Labute approximate surface area is 31.3 Å². The van der Waals surface area contributed by atoms with Crippen LogP contribution in [0.2, 0.25) is 1.41 Å². The molecule has 2 nitrogen and oxygen atoms in total. The van der Waals surface area contributed by atoms with Crippen molar-refractivity contribution in [2.75, 3.05) is 0 Å². The van der Waals surface area contributed by atoms with Gasteiger partial charge >= 0.3 is 0 Å². The van der Waals surface area contributed by atoms with Crippen molar-refractivity contribution in [3.8, 4) is 0 Å². The zero-order valence-electron chi connectivity index (χ0n) is 3.63. The molecule has 5 heavy (non-hydrogen) atoms. The van der Waals surface area contributed by atoms with Gasteiger partial charge in [0.1, 0.15) is 0 Å². The summed E-state index contributed by atoms with van der Waals surface area (Å²) in [5.74, 6) is 0. The Bertz CT molecular complexity index is 112. The molecule has 1 rings (SSSR count). The molecule has 0 saturated heterocycles. The van der Waals surface area contributed by atoms with E-state index >= 15 is 0 Å². The topological polar surface area (TPSA) is 28.7 Å². The number of nitrogens with one attached hydrogen (secondary N) is 1. The molecule has 2 heteroatoms. The number of hydrogen-bond acceptors (Lipinski definition) is 1. The first-order valence-corrected chi connectivity index (χ1v) is 1.37. The van der Waals surface area contributed by atoms with Gasteiger partial charge in [-0.15, -0.1) is 0 Å². The van der Waals surface area contributed by atoms with E-state index in [0.717, 1.165) is 4.98 Å². The van der Waals surface area contributed by atoms with Crippen LogP contribution in [-0.4, -0.2) is 9.96 Å². The normalized spacial score (nSPS) is 10.8. The fourth-order valence-corrected chi connectivity index (χ4v) is 0.192. The molecule has 0 radical (unpaired) electrons. The maximum Gasteiger partial charge on any atom is 0.167 e. The van der Waals surface area contributed by atoms with Crippen LogP contribution in [0.4, 0.5) is 0 Å². The van der Waals surface area contributed by atoms with E-state index in [4.69, 9.17) is 1.41 Å². The third kappa shape index (κ3) is 0.265. The van der Waals surface area contributed by atoms with Gasteiger partial charge in [0.2, 0.25) is 0 Å². The average molecular weight is 70.1 g/mol. The predicted octanol–water partition coefficient (Wildman–Crippen LogP) is 0.410. The summed E-state index contributed by atoms with van der Waals surface area (Å²) in [5, 5.41) is 0. The number of H-pyrrole nitrogens is 1. The van der Waals surface area contributed by atoms with Crippen LogP contribution in [-0.2, 0) is 0 Å². The molecule has 0 aliphatic heterocycles. The molecule has 1 N–H and O–H groups in total. The van der Waals surface area contributed by atoms with Crippen molar-refractivity contribution in [2.24, 2.45) is 0 Å². The highest BCUT2D eigenvalue weighted by atomic mass is 14.8. The van der Waals surface area contributed by atoms with E-state index in [1.54, 1.807) is 12.4 Å². The van der Waals surface area contributed by atoms with Crippen LogP contribution in [0.5, 0.6) is 0 Å². The summed E-state index contributed by atoms with van der Waals surface area (Å²) in [6.45, 7) is 0. The van der Waals surface area contributed by atoms with E-state index < -0.39 is 0 Å². The molecular weight excluding hydrogens is 64.0 g/mol. The van der Waals surface area contributed by atoms with Gasteiger partial charge in [-0.3, -0.25) is 0 Å². The minimum absolute atomic E-state index is 1.14. The van der Waals surface area contributed by atoms with Gasteiger partial charge in [0.05, 0.1) is 6.33 Å². The van der Waals surface area contributed by atoms with Gasteiger partial charge in [-0.05, 0) is 0 Å². The molecule has 1 aromatic heterocycles. The van der Waals surface area contributed by atoms with E-state index in [1.807, 2.05) is 0 Å². The quantitative estimate of drug-likeness (QED) is 0.470. The van der Waals surface area contributed by atoms with Crippen LogP contribution in [0.15, 0.2) is 18.7 Å². The molecule has 0 fully saturated rings. The van der Waals surface area contributed by atoms with Crippen molar-refractivity contribution >= 4 is 0 Å². The average Bonchev–Trinajstić information content (AvgIpc) is 1.86. The van der Waals surface area contributed by atoms with Crippen molar-refractivity contribution in [1.29, 1.82) is 0 Å². The SMILES string of the molecule is [3H]n1ccnc1. The number of aromatic nitrogens is 2. The van der Waals surface area contributed by atoms with Gasteiger partial charge in [0, 0.05) is 12.4 Å². The van der Waals surface area contributed by atoms with Crippen LogP contribution in [0.1, 0.15) is 0 Å². The second-order valence-electron chi connectivity index (χ2n) is 0.712. The van der Waals surface area contributed by atoms with Crippen LogP contribution < -0.4 is 0 Å². The lowest BCUT2D eigenvalue weighted by atomic mass is 11.0. The summed E-state index contributed by atoms with van der Waals surface area (Å²) in [5.41, 5.74) is 0. The molecule has 0 amide bonds. The monoisotopic (exact) mass is 70.0 g/mol. The first-order chi connectivity index (χ1) is 2.89. The lowest BCUT2D eigenvalue weighted by molar-refractivity contribution is 1.31. The van der Waals surface area contributed by atoms with Gasteiger partial charge in [0.25, 0.3) is 0 Å². The van der Waals surface area contributed by atoms with Gasteiger partial charge < -0.3 is 4.98 Å². The highest BCUT2D eigenvalue weighted by molar-refractivity contribution is 4.64. The first-order valence-electron chi connectivity index (χ1n) is 1.81. The molecule has 1 heterocycles. The third-order valence-electron chi connectivity index (χ3n) is 0.372. The Morgan fingerprint density at radius 3 is 3.20 bits per heavy atom. The summed E-state index contributed by atoms with van der Waals surface area (Å²) >= 11 is 0. The maximum atomic E-state index is 6.73. The number of nitrogens with zero attached hydrogens (tertiary/aromatic N) is 1. The van der Waals surface area contributed by atoms with E-state index in [-0.39, 0.29) is 0 Å².